The van der Waals surface area contributed by atoms with E-state index in [2.05, 4.69) is 28.7 Å². The van der Waals surface area contributed by atoms with E-state index in [0.29, 0.717) is 6.61 Å². The van der Waals surface area contributed by atoms with E-state index in [9.17, 15) is 16.8 Å². The summed E-state index contributed by atoms with van der Waals surface area (Å²) < 4.78 is 62.7. The molecule has 0 saturated heterocycles. The molecule has 0 unspecified atom stereocenters. The van der Waals surface area contributed by atoms with Crippen LogP contribution >= 0.6 is 0 Å². The van der Waals surface area contributed by atoms with Crippen LogP contribution in [0.5, 0.6) is 0 Å². The third kappa shape index (κ3) is 6.59. The van der Waals surface area contributed by atoms with Gasteiger partial charge in [-0.15, -0.1) is 0 Å². The smallest absolute Gasteiger partial charge is 0.282 e. The summed E-state index contributed by atoms with van der Waals surface area (Å²) >= 11 is 0. The summed E-state index contributed by atoms with van der Waals surface area (Å²) in [7, 11) is -8.94. The van der Waals surface area contributed by atoms with E-state index >= 15 is 0 Å². The van der Waals surface area contributed by atoms with Crippen molar-refractivity contribution in [1.82, 2.24) is 5.48 Å². The van der Waals surface area contributed by atoms with Crippen molar-refractivity contribution in [2.75, 3.05) is 6.54 Å². The van der Waals surface area contributed by atoms with Gasteiger partial charge in [-0.25, -0.2) is 5.48 Å². The van der Waals surface area contributed by atoms with Crippen LogP contribution in [0, 0.1) is 0 Å². The van der Waals surface area contributed by atoms with Gasteiger partial charge in [-0.2, -0.15) is 16.8 Å². The van der Waals surface area contributed by atoms with E-state index in [1.165, 1.54) is 29.8 Å². The van der Waals surface area contributed by atoms with Gasteiger partial charge < -0.3 is 0 Å². The largest absolute Gasteiger partial charge is 0.295 e. The second-order valence-electron chi connectivity index (χ2n) is 8.07. The minimum atomic E-state index is -4.47. The van der Waals surface area contributed by atoms with Crippen molar-refractivity contribution in [2.24, 2.45) is 4.99 Å². The lowest BCUT2D eigenvalue weighted by Gasteiger charge is -2.17. The highest BCUT2D eigenvalue weighted by Gasteiger charge is 2.19. The highest BCUT2D eigenvalue weighted by molar-refractivity contribution is 7.86. The monoisotopic (exact) mass is 540 g/mol. The van der Waals surface area contributed by atoms with Gasteiger partial charge in [0.15, 0.2) is 5.84 Å². The summed E-state index contributed by atoms with van der Waals surface area (Å²) in [6.45, 7) is 1.34. The van der Waals surface area contributed by atoms with Gasteiger partial charge in [-0.05, 0) is 29.7 Å². The molecule has 1 aliphatic rings. The highest BCUT2D eigenvalue weighted by atomic mass is 32.2. The van der Waals surface area contributed by atoms with Crippen LogP contribution in [-0.2, 0) is 38.1 Å². The van der Waals surface area contributed by atoms with Crippen LogP contribution in [0.3, 0.4) is 0 Å². The van der Waals surface area contributed by atoms with Gasteiger partial charge in [0.05, 0.1) is 6.61 Å². The van der Waals surface area contributed by atoms with Crippen molar-refractivity contribution in [3.05, 3.63) is 108 Å². The summed E-state index contributed by atoms with van der Waals surface area (Å²) in [5.74, 6) is 0.831. The van der Waals surface area contributed by atoms with Gasteiger partial charge in [0.2, 0.25) is 0 Å². The average molecular weight is 541 g/mol. The molecule has 1 heterocycles. The highest BCUT2D eigenvalue weighted by Crippen LogP contribution is 2.28. The van der Waals surface area contributed by atoms with E-state index < -0.39 is 30.0 Å². The Morgan fingerprint density at radius 1 is 0.730 bits per heavy atom. The lowest BCUT2D eigenvalue weighted by molar-refractivity contribution is 0.0712. The molecular formula is C26H24N2O7S2. The van der Waals surface area contributed by atoms with Crippen LogP contribution in [0.15, 0.2) is 106 Å². The number of hydrogen-bond donors (Lipinski definition) is 3. The van der Waals surface area contributed by atoms with Crippen LogP contribution < -0.4 is 5.48 Å². The Balaban J connectivity index is 0.000000173. The first-order chi connectivity index (χ1) is 17.6. The van der Waals surface area contributed by atoms with E-state index in [-0.39, 0.29) is 10.8 Å². The molecule has 192 valence electrons. The number of amidine groups is 1. The van der Waals surface area contributed by atoms with Gasteiger partial charge >= 0.3 is 0 Å². The molecule has 37 heavy (non-hydrogen) atoms. The number of hydrogen-bond acceptors (Lipinski definition) is 7. The average Bonchev–Trinajstić information content (AvgIpc) is 2.88. The Hall–Kier alpha value is -3.61. The number of nitrogens with one attached hydrogen (secondary N) is 1. The molecule has 0 aromatic heterocycles. The third-order valence-corrected chi connectivity index (χ3v) is 7.40. The molecule has 4 aromatic carbocycles. The molecule has 0 atom stereocenters. The van der Waals surface area contributed by atoms with E-state index in [1.54, 1.807) is 0 Å². The number of hydroxylamine groups is 1. The van der Waals surface area contributed by atoms with Crippen LogP contribution in [-0.4, -0.2) is 38.3 Å². The summed E-state index contributed by atoms with van der Waals surface area (Å²) in [5, 5.41) is 0.0465. The SMILES string of the molecule is O=S(=O)(O)c1cccc2c(S(=O)(=O)O)cccc12.c1ccc(CONC2=NCCc3ccccc32)cc1. The Morgan fingerprint density at radius 3 is 1.89 bits per heavy atom. The molecule has 3 N–H and O–H groups in total. The number of fused-ring (bicyclic) bond motifs is 2. The zero-order chi connectivity index (χ0) is 26.5. The van der Waals surface area contributed by atoms with Crippen molar-refractivity contribution < 1.29 is 30.8 Å². The zero-order valence-electron chi connectivity index (χ0n) is 19.5. The first kappa shape index (κ1) is 26.5. The van der Waals surface area contributed by atoms with Crippen molar-refractivity contribution >= 4 is 36.8 Å². The Labute approximate surface area is 214 Å². The second kappa shape index (κ2) is 11.2. The fourth-order valence-corrected chi connectivity index (χ4v) is 5.31. The van der Waals surface area contributed by atoms with Crippen molar-refractivity contribution in [2.45, 2.75) is 22.8 Å². The Kier molecular flexibility index (Phi) is 8.00. The maximum Gasteiger partial charge on any atom is 0.295 e. The van der Waals surface area contributed by atoms with Gasteiger partial charge in [0, 0.05) is 22.9 Å². The van der Waals surface area contributed by atoms with E-state index in [4.69, 9.17) is 13.9 Å². The fraction of sp³-hybridized carbons (Fsp3) is 0.115. The maximum absolute atomic E-state index is 11.2. The fourth-order valence-electron chi connectivity index (χ4n) is 3.89. The first-order valence-corrected chi connectivity index (χ1v) is 14.0. The van der Waals surface area contributed by atoms with Crippen LogP contribution in [0.2, 0.25) is 0 Å². The molecule has 0 saturated carbocycles. The zero-order valence-corrected chi connectivity index (χ0v) is 21.1. The molecule has 11 heteroatoms. The minimum Gasteiger partial charge on any atom is -0.282 e. The molecule has 0 spiro atoms. The lowest BCUT2D eigenvalue weighted by Crippen LogP contribution is -2.28. The number of nitrogens with zero attached hydrogens (tertiary/aromatic N) is 1. The molecule has 0 fully saturated rings. The van der Waals surface area contributed by atoms with Crippen LogP contribution in [0.25, 0.3) is 10.8 Å². The molecule has 9 nitrogen and oxygen atoms in total. The molecule has 5 rings (SSSR count). The number of benzene rings is 4. The third-order valence-electron chi connectivity index (χ3n) is 5.57. The van der Waals surface area contributed by atoms with Crippen molar-refractivity contribution in [1.29, 1.82) is 0 Å². The van der Waals surface area contributed by atoms with E-state index in [0.717, 1.165) is 42.1 Å². The Bertz CT molecular complexity index is 1580. The van der Waals surface area contributed by atoms with Crippen LogP contribution in [0.4, 0.5) is 0 Å². The number of aliphatic imine (C=N–C) groups is 1. The van der Waals surface area contributed by atoms with Crippen LogP contribution in [0.1, 0.15) is 16.7 Å². The van der Waals surface area contributed by atoms with Crippen molar-refractivity contribution in [3.63, 3.8) is 0 Å². The van der Waals surface area contributed by atoms with Gasteiger partial charge in [0.25, 0.3) is 20.2 Å². The molecule has 0 bridgehead atoms. The van der Waals surface area contributed by atoms with Gasteiger partial charge in [-0.1, -0.05) is 78.9 Å². The predicted molar refractivity (Wildman–Crippen MR) is 139 cm³/mol. The van der Waals surface area contributed by atoms with Gasteiger partial charge in [-0.3, -0.25) is 18.9 Å². The van der Waals surface area contributed by atoms with E-state index in [1.807, 2.05) is 36.4 Å². The standard InChI is InChI=1S/C16H16N2O.C10H8O6S2/c1-2-6-13(7-3-1)12-19-18-16-15-9-5-4-8-14(15)10-11-17-16;11-17(12,13)9-5-1-3-7-8(9)4-2-6-10(7)18(14,15)16/h1-9H,10-12H2,(H,17,18);1-6H,(H,11,12,13)(H,14,15,16). The summed E-state index contributed by atoms with van der Waals surface area (Å²) in [6.07, 6.45) is 1.00. The Morgan fingerprint density at radius 2 is 1.30 bits per heavy atom. The van der Waals surface area contributed by atoms with Gasteiger partial charge in [0.1, 0.15) is 9.79 Å². The lowest BCUT2D eigenvalue weighted by atomic mass is 10.0. The normalized spacial score (nSPS) is 13.2. The predicted octanol–water partition coefficient (Wildman–Crippen LogP) is 4.04. The molecule has 0 radical (unpaired) electrons. The summed E-state index contributed by atoms with van der Waals surface area (Å²) in [4.78, 5) is 9.19. The summed E-state index contributed by atoms with van der Waals surface area (Å²) in [6, 6.07) is 25.9. The molecule has 0 aliphatic carbocycles. The maximum atomic E-state index is 11.2. The first-order valence-electron chi connectivity index (χ1n) is 11.2. The molecule has 0 amide bonds. The quantitative estimate of drug-likeness (QED) is 0.254. The topological polar surface area (TPSA) is 142 Å². The second-order valence-corrected chi connectivity index (χ2v) is 10.9. The molecule has 4 aromatic rings. The number of rotatable bonds is 5. The molecule has 1 aliphatic heterocycles. The summed E-state index contributed by atoms with van der Waals surface area (Å²) in [5.41, 5.74) is 6.58. The molecular weight excluding hydrogens is 516 g/mol. The minimum absolute atomic E-state index is 0.0233. The van der Waals surface area contributed by atoms with Crippen molar-refractivity contribution in [3.8, 4) is 0 Å².